The van der Waals surface area contributed by atoms with Crippen LogP contribution >= 0.6 is 22.7 Å². The normalized spacial score (nSPS) is 11.0. The van der Waals surface area contributed by atoms with Gasteiger partial charge in [0.1, 0.15) is 9.88 Å². The average Bonchev–Trinajstić information content (AvgIpc) is 3.25. The maximum Gasteiger partial charge on any atom is 0.263 e. The summed E-state index contributed by atoms with van der Waals surface area (Å²) in [4.78, 5) is 21.0. The molecule has 0 aliphatic heterocycles. The van der Waals surface area contributed by atoms with Gasteiger partial charge in [-0.25, -0.2) is 4.98 Å². The van der Waals surface area contributed by atoms with Gasteiger partial charge in [0.15, 0.2) is 0 Å². The number of aromatic nitrogens is 1. The van der Waals surface area contributed by atoms with Crippen molar-refractivity contribution in [3.63, 3.8) is 0 Å². The Morgan fingerprint density at radius 1 is 1.20 bits per heavy atom. The molecule has 0 unspecified atom stereocenters. The molecule has 0 saturated carbocycles. The molecule has 130 valence electrons. The quantitative estimate of drug-likeness (QED) is 0.682. The van der Waals surface area contributed by atoms with Gasteiger partial charge in [0.25, 0.3) is 5.91 Å². The fraction of sp³-hybridized carbons (Fsp3) is 0.263. The van der Waals surface area contributed by atoms with E-state index in [-0.39, 0.29) is 5.91 Å². The second-order valence-corrected chi connectivity index (χ2v) is 7.84. The highest BCUT2D eigenvalue weighted by atomic mass is 32.1. The third-order valence-electron chi connectivity index (χ3n) is 3.81. The first-order chi connectivity index (χ1) is 12.1. The van der Waals surface area contributed by atoms with E-state index in [4.69, 9.17) is 0 Å². The van der Waals surface area contributed by atoms with E-state index in [1.807, 2.05) is 42.6 Å². The molecule has 0 aliphatic rings. The molecule has 1 amide bonds. The Bertz CT molecular complexity index is 813. The van der Waals surface area contributed by atoms with Gasteiger partial charge < -0.3 is 10.2 Å². The number of thiazole rings is 1. The molecule has 2 heterocycles. The standard InChI is InChI=1S/C19H21N3OS2/c1-14-17(25-19(21-14)16-9-6-12-24-16)18(23)20-10-11-22(2)13-15-7-4-3-5-8-15/h3-9,12H,10-11,13H2,1-2H3,(H,20,23). The summed E-state index contributed by atoms with van der Waals surface area (Å²) in [5.41, 5.74) is 2.07. The SMILES string of the molecule is Cc1nc(-c2cccs2)sc1C(=O)NCCN(C)Cc1ccccc1. The van der Waals surface area contributed by atoms with Gasteiger partial charge in [-0.05, 0) is 31.0 Å². The van der Waals surface area contributed by atoms with E-state index in [2.05, 4.69) is 34.4 Å². The van der Waals surface area contributed by atoms with E-state index in [0.29, 0.717) is 11.4 Å². The fourth-order valence-electron chi connectivity index (χ4n) is 2.53. The molecule has 3 rings (SSSR count). The van der Waals surface area contributed by atoms with Crippen LogP contribution in [0.5, 0.6) is 0 Å². The number of nitrogens with one attached hydrogen (secondary N) is 1. The summed E-state index contributed by atoms with van der Waals surface area (Å²) in [5, 5.41) is 5.95. The lowest BCUT2D eigenvalue weighted by Crippen LogP contribution is -2.32. The molecule has 0 aliphatic carbocycles. The molecule has 1 aromatic carbocycles. The Morgan fingerprint density at radius 3 is 2.72 bits per heavy atom. The van der Waals surface area contributed by atoms with E-state index in [1.165, 1.54) is 16.9 Å². The van der Waals surface area contributed by atoms with Crippen molar-refractivity contribution in [3.8, 4) is 9.88 Å². The first kappa shape index (κ1) is 17.8. The van der Waals surface area contributed by atoms with Gasteiger partial charge in [-0.2, -0.15) is 0 Å². The minimum absolute atomic E-state index is 0.0362. The molecule has 3 aromatic rings. The van der Waals surface area contributed by atoms with Crippen LogP contribution in [0.2, 0.25) is 0 Å². The Hall–Kier alpha value is -2.02. The molecule has 0 bridgehead atoms. The molecule has 25 heavy (non-hydrogen) atoms. The number of thiophene rings is 1. The van der Waals surface area contributed by atoms with Crippen LogP contribution in [0, 0.1) is 6.92 Å². The molecular formula is C19H21N3OS2. The monoisotopic (exact) mass is 371 g/mol. The van der Waals surface area contributed by atoms with Crippen LogP contribution in [0.3, 0.4) is 0 Å². The number of rotatable bonds is 7. The molecule has 0 atom stereocenters. The molecule has 4 nitrogen and oxygen atoms in total. The summed E-state index contributed by atoms with van der Waals surface area (Å²) < 4.78 is 0. The highest BCUT2D eigenvalue weighted by Gasteiger charge is 2.16. The molecule has 0 spiro atoms. The zero-order valence-electron chi connectivity index (χ0n) is 14.4. The van der Waals surface area contributed by atoms with Gasteiger partial charge in [0, 0.05) is 19.6 Å². The summed E-state index contributed by atoms with van der Waals surface area (Å²) >= 11 is 3.10. The van der Waals surface area contributed by atoms with E-state index in [1.54, 1.807) is 11.3 Å². The van der Waals surface area contributed by atoms with E-state index < -0.39 is 0 Å². The van der Waals surface area contributed by atoms with Gasteiger partial charge in [-0.1, -0.05) is 36.4 Å². The lowest BCUT2D eigenvalue weighted by molar-refractivity contribution is 0.0953. The Labute approximate surface area is 156 Å². The van der Waals surface area contributed by atoms with Crippen molar-refractivity contribution in [3.05, 3.63) is 64.0 Å². The van der Waals surface area contributed by atoms with Crippen molar-refractivity contribution in [2.75, 3.05) is 20.1 Å². The highest BCUT2D eigenvalue weighted by Crippen LogP contribution is 2.30. The Kier molecular flexibility index (Phi) is 5.96. The largest absolute Gasteiger partial charge is 0.350 e. The number of carbonyl (C=O) groups excluding carboxylic acids is 1. The first-order valence-corrected chi connectivity index (χ1v) is 9.85. The van der Waals surface area contributed by atoms with Crippen molar-refractivity contribution in [1.82, 2.24) is 15.2 Å². The number of benzene rings is 1. The molecule has 1 N–H and O–H groups in total. The number of nitrogens with zero attached hydrogens (tertiary/aromatic N) is 2. The summed E-state index contributed by atoms with van der Waals surface area (Å²) in [6.45, 7) is 4.19. The second kappa shape index (κ2) is 8.38. The smallest absolute Gasteiger partial charge is 0.263 e. The average molecular weight is 372 g/mol. The van der Waals surface area contributed by atoms with E-state index >= 15 is 0 Å². The lowest BCUT2D eigenvalue weighted by Gasteiger charge is -2.16. The molecule has 2 aromatic heterocycles. The topological polar surface area (TPSA) is 45.2 Å². The first-order valence-electron chi connectivity index (χ1n) is 8.15. The molecule has 6 heteroatoms. The van der Waals surface area contributed by atoms with Crippen molar-refractivity contribution in [2.45, 2.75) is 13.5 Å². The number of aryl methyl sites for hydroxylation is 1. The predicted molar refractivity (Wildman–Crippen MR) is 105 cm³/mol. The van der Waals surface area contributed by atoms with Crippen molar-refractivity contribution < 1.29 is 4.79 Å². The van der Waals surface area contributed by atoms with E-state index in [0.717, 1.165) is 28.7 Å². The maximum atomic E-state index is 12.4. The van der Waals surface area contributed by atoms with Crippen LogP contribution in [0.4, 0.5) is 0 Å². The van der Waals surface area contributed by atoms with Gasteiger partial charge in [0.05, 0.1) is 10.6 Å². The summed E-state index contributed by atoms with van der Waals surface area (Å²) in [7, 11) is 2.06. The lowest BCUT2D eigenvalue weighted by atomic mass is 10.2. The highest BCUT2D eigenvalue weighted by molar-refractivity contribution is 7.22. The van der Waals surface area contributed by atoms with Crippen molar-refractivity contribution in [2.24, 2.45) is 0 Å². The van der Waals surface area contributed by atoms with Gasteiger partial charge in [0.2, 0.25) is 0 Å². The van der Waals surface area contributed by atoms with Crippen LogP contribution < -0.4 is 5.32 Å². The molecule has 0 fully saturated rings. The zero-order valence-corrected chi connectivity index (χ0v) is 16.0. The summed E-state index contributed by atoms with van der Waals surface area (Å²) in [6.07, 6.45) is 0. The summed E-state index contributed by atoms with van der Waals surface area (Å²) in [5.74, 6) is -0.0362. The third-order valence-corrected chi connectivity index (χ3v) is 6.00. The fourth-order valence-corrected chi connectivity index (χ4v) is 4.31. The van der Waals surface area contributed by atoms with Crippen LogP contribution in [-0.4, -0.2) is 35.9 Å². The Balaban J connectivity index is 1.51. The molecule has 0 radical (unpaired) electrons. The Morgan fingerprint density at radius 2 is 2.00 bits per heavy atom. The molecule has 0 saturated heterocycles. The number of hydrogen-bond donors (Lipinski definition) is 1. The predicted octanol–water partition coefficient (Wildman–Crippen LogP) is 4.04. The number of likely N-dealkylation sites (N-methyl/N-ethyl adjacent to an activating group) is 1. The van der Waals surface area contributed by atoms with Crippen molar-refractivity contribution in [1.29, 1.82) is 0 Å². The van der Waals surface area contributed by atoms with Crippen LogP contribution in [-0.2, 0) is 6.54 Å². The van der Waals surface area contributed by atoms with Gasteiger partial charge in [-0.3, -0.25) is 4.79 Å². The molecular weight excluding hydrogens is 350 g/mol. The minimum Gasteiger partial charge on any atom is -0.350 e. The van der Waals surface area contributed by atoms with Crippen molar-refractivity contribution >= 4 is 28.6 Å². The zero-order chi connectivity index (χ0) is 17.6. The second-order valence-electron chi connectivity index (χ2n) is 5.89. The maximum absolute atomic E-state index is 12.4. The number of amides is 1. The van der Waals surface area contributed by atoms with Crippen LogP contribution in [0.1, 0.15) is 20.9 Å². The number of hydrogen-bond acceptors (Lipinski definition) is 5. The number of carbonyl (C=O) groups is 1. The summed E-state index contributed by atoms with van der Waals surface area (Å²) in [6, 6.07) is 14.4. The third kappa shape index (κ3) is 4.75. The van der Waals surface area contributed by atoms with Gasteiger partial charge in [-0.15, -0.1) is 22.7 Å². The van der Waals surface area contributed by atoms with Crippen LogP contribution in [0.25, 0.3) is 9.88 Å². The van der Waals surface area contributed by atoms with Crippen LogP contribution in [0.15, 0.2) is 47.8 Å². The van der Waals surface area contributed by atoms with Gasteiger partial charge >= 0.3 is 0 Å². The minimum atomic E-state index is -0.0362. The van der Waals surface area contributed by atoms with E-state index in [9.17, 15) is 4.79 Å².